The third-order valence-corrected chi connectivity index (χ3v) is 5.43. The molecule has 1 aliphatic heterocycles. The van der Waals surface area contributed by atoms with Gasteiger partial charge in [0.2, 0.25) is 0 Å². The second-order valence-electron chi connectivity index (χ2n) is 5.85. The largest absolute Gasteiger partial charge is 0.380 e. The zero-order valence-electron chi connectivity index (χ0n) is 14.6. The monoisotopic (exact) mass is 363 g/mol. The van der Waals surface area contributed by atoms with Crippen molar-refractivity contribution in [2.75, 3.05) is 37.7 Å². The molecule has 1 fully saturated rings. The van der Waals surface area contributed by atoms with Crippen molar-refractivity contribution in [2.45, 2.75) is 26.2 Å². The molecule has 1 saturated heterocycles. The van der Waals surface area contributed by atoms with E-state index in [2.05, 4.69) is 9.62 Å². The van der Waals surface area contributed by atoms with Crippen LogP contribution in [-0.2, 0) is 14.8 Å². The van der Waals surface area contributed by atoms with Crippen LogP contribution < -0.4 is 9.62 Å². The van der Waals surface area contributed by atoms with Crippen molar-refractivity contribution in [1.82, 2.24) is 4.72 Å². The van der Waals surface area contributed by atoms with E-state index in [1.165, 1.54) is 25.3 Å². The summed E-state index contributed by atoms with van der Waals surface area (Å²) >= 11 is 0. The van der Waals surface area contributed by atoms with Crippen molar-refractivity contribution in [3.63, 3.8) is 0 Å². The first kappa shape index (κ1) is 19.4. The standard InChI is InChI=1S/C18H25N3O3S/c1-2-24-13-10-20-25(22,23)18(15-19)14-16-6-8-17(9-7-16)21-11-4-3-5-12-21/h6-9,14,20H,2-5,10-13H2,1H3/b18-14+. The van der Waals surface area contributed by atoms with Gasteiger partial charge in [-0.2, -0.15) is 5.26 Å². The Labute approximate surface area is 150 Å². The number of nitrogens with one attached hydrogen (secondary N) is 1. The lowest BCUT2D eigenvalue weighted by Gasteiger charge is -2.28. The molecule has 1 heterocycles. The van der Waals surface area contributed by atoms with Gasteiger partial charge >= 0.3 is 0 Å². The van der Waals surface area contributed by atoms with Gasteiger partial charge in [-0.3, -0.25) is 0 Å². The molecule has 0 amide bonds. The summed E-state index contributed by atoms with van der Waals surface area (Å²) in [6, 6.07) is 9.40. The molecule has 0 spiro atoms. The predicted molar refractivity (Wildman–Crippen MR) is 99.5 cm³/mol. The molecule has 1 aromatic rings. The molecular weight excluding hydrogens is 338 g/mol. The van der Waals surface area contributed by atoms with Gasteiger partial charge in [-0.05, 0) is 50.0 Å². The highest BCUT2D eigenvalue weighted by molar-refractivity contribution is 7.93. The molecule has 0 saturated carbocycles. The Kier molecular flexibility index (Phi) is 7.44. The van der Waals surface area contributed by atoms with Crippen LogP contribution in [0.2, 0.25) is 0 Å². The van der Waals surface area contributed by atoms with Gasteiger partial charge in [-0.1, -0.05) is 12.1 Å². The van der Waals surface area contributed by atoms with E-state index >= 15 is 0 Å². The Morgan fingerprint density at radius 3 is 2.56 bits per heavy atom. The summed E-state index contributed by atoms with van der Waals surface area (Å²) < 4.78 is 31.8. The summed E-state index contributed by atoms with van der Waals surface area (Å²) in [4.78, 5) is 2.03. The van der Waals surface area contributed by atoms with Gasteiger partial charge in [0.1, 0.15) is 6.07 Å². The van der Waals surface area contributed by atoms with Gasteiger partial charge in [0, 0.05) is 31.9 Å². The number of nitriles is 1. The third-order valence-electron chi connectivity index (χ3n) is 4.05. The van der Waals surface area contributed by atoms with Crippen LogP contribution in [0.15, 0.2) is 29.2 Å². The fraction of sp³-hybridized carbons (Fsp3) is 0.500. The smallest absolute Gasteiger partial charge is 0.250 e. The summed E-state index contributed by atoms with van der Waals surface area (Å²) in [5.41, 5.74) is 1.82. The van der Waals surface area contributed by atoms with E-state index < -0.39 is 10.0 Å². The maximum Gasteiger partial charge on any atom is 0.250 e. The number of allylic oxidation sites excluding steroid dienone is 1. The lowest BCUT2D eigenvalue weighted by Crippen LogP contribution is -2.29. The predicted octanol–water partition coefficient (Wildman–Crippen LogP) is 2.50. The first-order chi connectivity index (χ1) is 12.1. The Hall–Kier alpha value is -1.88. The maximum atomic E-state index is 12.2. The number of hydrogen-bond acceptors (Lipinski definition) is 5. The van der Waals surface area contributed by atoms with Crippen molar-refractivity contribution in [3.8, 4) is 6.07 Å². The zero-order valence-corrected chi connectivity index (χ0v) is 15.4. The molecular formula is C18H25N3O3S. The average molecular weight is 363 g/mol. The Balaban J connectivity index is 2.06. The molecule has 2 rings (SSSR count). The molecule has 0 aliphatic carbocycles. The number of hydrogen-bond donors (Lipinski definition) is 1. The number of rotatable bonds is 8. The van der Waals surface area contributed by atoms with E-state index in [1.54, 1.807) is 6.07 Å². The van der Waals surface area contributed by atoms with Gasteiger partial charge < -0.3 is 9.64 Å². The van der Waals surface area contributed by atoms with Crippen molar-refractivity contribution >= 4 is 21.8 Å². The number of ether oxygens (including phenoxy) is 1. The lowest BCUT2D eigenvalue weighted by molar-refractivity contribution is 0.153. The number of anilines is 1. The van der Waals surface area contributed by atoms with Crippen molar-refractivity contribution < 1.29 is 13.2 Å². The van der Waals surface area contributed by atoms with E-state index in [-0.39, 0.29) is 18.1 Å². The molecule has 6 nitrogen and oxygen atoms in total. The molecule has 0 bridgehead atoms. The minimum atomic E-state index is -3.82. The zero-order chi connectivity index (χ0) is 18.1. The molecule has 1 aliphatic rings. The summed E-state index contributed by atoms with van der Waals surface area (Å²) in [7, 11) is -3.82. The maximum absolute atomic E-state index is 12.2. The lowest BCUT2D eigenvalue weighted by atomic mass is 10.1. The van der Waals surface area contributed by atoms with E-state index in [0.717, 1.165) is 18.8 Å². The van der Waals surface area contributed by atoms with Crippen LogP contribution in [0.5, 0.6) is 0 Å². The van der Waals surface area contributed by atoms with Crippen molar-refractivity contribution in [1.29, 1.82) is 5.26 Å². The van der Waals surface area contributed by atoms with Crippen LogP contribution in [-0.4, -0.2) is 41.3 Å². The van der Waals surface area contributed by atoms with Crippen LogP contribution >= 0.6 is 0 Å². The first-order valence-electron chi connectivity index (χ1n) is 8.61. The van der Waals surface area contributed by atoms with Crippen molar-refractivity contribution in [3.05, 3.63) is 34.7 Å². The second-order valence-corrected chi connectivity index (χ2v) is 7.59. The Bertz CT molecular complexity index is 715. The quantitative estimate of drug-likeness (QED) is 0.567. The van der Waals surface area contributed by atoms with Crippen molar-refractivity contribution in [2.24, 2.45) is 0 Å². The SMILES string of the molecule is CCOCCNS(=O)(=O)/C(C#N)=C/c1ccc(N2CCCCC2)cc1. The second kappa shape index (κ2) is 9.56. The third kappa shape index (κ3) is 5.85. The molecule has 0 atom stereocenters. The highest BCUT2D eigenvalue weighted by Crippen LogP contribution is 2.21. The number of sulfonamides is 1. The highest BCUT2D eigenvalue weighted by atomic mass is 32.2. The molecule has 0 unspecified atom stereocenters. The minimum absolute atomic E-state index is 0.142. The van der Waals surface area contributed by atoms with Crippen LogP contribution in [0.1, 0.15) is 31.7 Å². The van der Waals surface area contributed by atoms with Crippen LogP contribution in [0, 0.1) is 11.3 Å². The van der Waals surface area contributed by atoms with E-state index in [9.17, 15) is 13.7 Å². The Morgan fingerprint density at radius 2 is 1.96 bits per heavy atom. The van der Waals surface area contributed by atoms with Gasteiger partial charge in [0.15, 0.2) is 4.91 Å². The van der Waals surface area contributed by atoms with Gasteiger partial charge in [0.25, 0.3) is 10.0 Å². The number of nitrogens with zero attached hydrogens (tertiary/aromatic N) is 2. The Morgan fingerprint density at radius 1 is 1.28 bits per heavy atom. The van der Waals surface area contributed by atoms with Gasteiger partial charge in [-0.15, -0.1) is 0 Å². The molecule has 136 valence electrons. The fourth-order valence-electron chi connectivity index (χ4n) is 2.73. The topological polar surface area (TPSA) is 82.4 Å². The van der Waals surface area contributed by atoms with Gasteiger partial charge in [-0.25, -0.2) is 13.1 Å². The normalized spacial score (nSPS) is 15.8. The minimum Gasteiger partial charge on any atom is -0.380 e. The summed E-state index contributed by atoms with van der Waals surface area (Å²) in [6.45, 7) is 4.88. The van der Waals surface area contributed by atoms with Gasteiger partial charge in [0.05, 0.1) is 6.61 Å². The molecule has 7 heteroatoms. The fourth-order valence-corrected chi connectivity index (χ4v) is 3.64. The molecule has 25 heavy (non-hydrogen) atoms. The van der Waals surface area contributed by atoms with E-state index in [4.69, 9.17) is 4.74 Å². The van der Waals surface area contributed by atoms with Crippen LogP contribution in [0.4, 0.5) is 5.69 Å². The van der Waals surface area contributed by atoms with E-state index in [0.29, 0.717) is 12.2 Å². The van der Waals surface area contributed by atoms with Crippen LogP contribution in [0.25, 0.3) is 6.08 Å². The molecule has 0 aromatic heterocycles. The van der Waals surface area contributed by atoms with E-state index in [1.807, 2.05) is 31.2 Å². The average Bonchev–Trinajstić information content (AvgIpc) is 2.64. The summed E-state index contributed by atoms with van der Waals surface area (Å²) in [5.74, 6) is 0. The molecule has 1 aromatic carbocycles. The summed E-state index contributed by atoms with van der Waals surface area (Å²) in [6.07, 6.45) is 5.07. The molecule has 1 N–H and O–H groups in total. The van der Waals surface area contributed by atoms with Crippen LogP contribution in [0.3, 0.4) is 0 Å². The number of piperidine rings is 1. The molecule has 0 radical (unpaired) electrons. The summed E-state index contributed by atoms with van der Waals surface area (Å²) in [5, 5.41) is 9.21. The number of benzene rings is 1. The highest BCUT2D eigenvalue weighted by Gasteiger charge is 2.17. The first-order valence-corrected chi connectivity index (χ1v) is 10.1.